The normalized spacial score (nSPS) is 16.6. The van der Waals surface area contributed by atoms with Gasteiger partial charge in [-0.2, -0.15) is 5.10 Å². The number of aromatic nitrogens is 2. The van der Waals surface area contributed by atoms with Crippen molar-refractivity contribution in [3.8, 4) is 11.8 Å². The number of hydrogen-bond acceptors (Lipinski definition) is 5. The molecule has 172 valence electrons. The lowest BCUT2D eigenvalue weighted by Crippen LogP contribution is -2.48. The Morgan fingerprint density at radius 2 is 1.82 bits per heavy atom. The summed E-state index contributed by atoms with van der Waals surface area (Å²) in [5.41, 5.74) is 9.04. The molecule has 1 unspecified atom stereocenters. The molecule has 1 aliphatic rings. The maximum atomic E-state index is 12.1. The van der Waals surface area contributed by atoms with Gasteiger partial charge in [0.25, 0.3) is 0 Å². The highest BCUT2D eigenvalue weighted by Crippen LogP contribution is 2.47. The second-order valence-electron chi connectivity index (χ2n) is 9.02. The lowest BCUT2D eigenvalue weighted by atomic mass is 9.96. The molecule has 1 amide bonds. The number of benzene rings is 2. The summed E-state index contributed by atoms with van der Waals surface area (Å²) in [6.45, 7) is 1.77. The van der Waals surface area contributed by atoms with Crippen molar-refractivity contribution in [2.75, 3.05) is 12.9 Å². The third-order valence-corrected chi connectivity index (χ3v) is 8.83. The van der Waals surface area contributed by atoms with Crippen molar-refractivity contribution in [3.05, 3.63) is 65.4 Å². The summed E-state index contributed by atoms with van der Waals surface area (Å²) < 4.78 is 24.2. The SMILES string of the molecule is CC(CCn1ncc2cc(C#Cc3ccc(C4(CO)CC4)cc3)ccc21)(C(N)=O)S(C)(=O)=O. The van der Waals surface area contributed by atoms with Crippen molar-refractivity contribution in [2.45, 2.75) is 42.9 Å². The summed E-state index contributed by atoms with van der Waals surface area (Å²) in [5, 5.41) is 14.8. The Labute approximate surface area is 193 Å². The predicted molar refractivity (Wildman–Crippen MR) is 127 cm³/mol. The minimum absolute atomic E-state index is 0.0348. The molecule has 1 heterocycles. The van der Waals surface area contributed by atoms with Gasteiger partial charge in [-0.15, -0.1) is 0 Å². The molecule has 33 heavy (non-hydrogen) atoms. The highest BCUT2D eigenvalue weighted by atomic mass is 32.2. The molecule has 2 aromatic carbocycles. The quantitative estimate of drug-likeness (QED) is 0.519. The number of amides is 1. The number of rotatable bonds is 7. The average molecular weight is 466 g/mol. The Morgan fingerprint density at radius 3 is 2.39 bits per heavy atom. The van der Waals surface area contributed by atoms with Crippen molar-refractivity contribution in [2.24, 2.45) is 5.73 Å². The number of nitrogens with zero attached hydrogens (tertiary/aromatic N) is 2. The van der Waals surface area contributed by atoms with Gasteiger partial charge < -0.3 is 10.8 Å². The van der Waals surface area contributed by atoms with Crippen LogP contribution in [0.5, 0.6) is 0 Å². The number of primary amides is 1. The van der Waals surface area contributed by atoms with Crippen LogP contribution in [0.1, 0.15) is 42.9 Å². The van der Waals surface area contributed by atoms with E-state index in [0.717, 1.165) is 46.7 Å². The van der Waals surface area contributed by atoms with Crippen LogP contribution >= 0.6 is 0 Å². The first kappa shape index (κ1) is 23.0. The van der Waals surface area contributed by atoms with Gasteiger partial charge in [-0.3, -0.25) is 9.48 Å². The van der Waals surface area contributed by atoms with E-state index >= 15 is 0 Å². The standard InChI is InChI=1S/C25H27N3O4S/c1-24(23(26)30,33(2,31)32)13-14-28-22-10-7-19(15-20(22)16-27-28)4-3-18-5-8-21(9-6-18)25(17-29)11-12-25/h5-10,15-16,29H,11-14,17H2,1-2H3,(H2,26,30). The molecule has 1 atom stereocenters. The molecule has 1 aliphatic carbocycles. The molecular weight excluding hydrogens is 438 g/mol. The highest BCUT2D eigenvalue weighted by molar-refractivity contribution is 7.92. The molecule has 1 saturated carbocycles. The van der Waals surface area contributed by atoms with E-state index in [0.29, 0.717) is 0 Å². The fraction of sp³-hybridized carbons (Fsp3) is 0.360. The molecule has 3 N–H and O–H groups in total. The number of aryl methyl sites for hydroxylation is 1. The summed E-state index contributed by atoms with van der Waals surface area (Å²) in [6, 6.07) is 13.7. The smallest absolute Gasteiger partial charge is 0.238 e. The van der Waals surface area contributed by atoms with Crippen molar-refractivity contribution in [1.29, 1.82) is 0 Å². The molecule has 4 rings (SSSR count). The average Bonchev–Trinajstić information content (AvgIpc) is 3.49. The molecule has 0 radical (unpaired) electrons. The molecule has 0 saturated heterocycles. The van der Waals surface area contributed by atoms with E-state index in [1.54, 1.807) is 10.9 Å². The van der Waals surface area contributed by atoms with Gasteiger partial charge in [0.2, 0.25) is 5.91 Å². The molecule has 0 aliphatic heterocycles. The topological polar surface area (TPSA) is 115 Å². The van der Waals surface area contributed by atoms with Crippen LogP contribution in [0.15, 0.2) is 48.7 Å². The second-order valence-corrected chi connectivity index (χ2v) is 11.5. The summed E-state index contributed by atoms with van der Waals surface area (Å²) in [4.78, 5) is 11.8. The Hall–Kier alpha value is -3.15. The number of aliphatic hydroxyl groups excluding tert-OH is 1. The van der Waals surface area contributed by atoms with E-state index in [-0.39, 0.29) is 25.0 Å². The van der Waals surface area contributed by atoms with Crippen LogP contribution in [-0.2, 0) is 26.6 Å². The summed E-state index contributed by atoms with van der Waals surface area (Å²) in [6.07, 6.45) is 4.80. The third-order valence-electron chi connectivity index (χ3n) is 6.79. The molecule has 1 aromatic heterocycles. The van der Waals surface area contributed by atoms with Crippen molar-refractivity contribution in [1.82, 2.24) is 9.78 Å². The maximum absolute atomic E-state index is 12.1. The molecule has 8 heteroatoms. The molecule has 1 fully saturated rings. The molecule has 7 nitrogen and oxygen atoms in total. The first-order valence-corrected chi connectivity index (χ1v) is 12.7. The van der Waals surface area contributed by atoms with E-state index in [9.17, 15) is 18.3 Å². The Balaban J connectivity index is 1.50. The van der Waals surface area contributed by atoms with Crippen LogP contribution in [0.3, 0.4) is 0 Å². The maximum Gasteiger partial charge on any atom is 0.238 e. The van der Waals surface area contributed by atoms with E-state index in [2.05, 4.69) is 16.9 Å². The van der Waals surface area contributed by atoms with Gasteiger partial charge in [0, 0.05) is 34.7 Å². The number of nitrogens with two attached hydrogens (primary N) is 1. The fourth-order valence-corrected chi connectivity index (χ4v) is 4.72. The number of hydrogen-bond donors (Lipinski definition) is 2. The monoisotopic (exact) mass is 465 g/mol. The summed E-state index contributed by atoms with van der Waals surface area (Å²) in [7, 11) is -3.67. The van der Waals surface area contributed by atoms with E-state index in [1.165, 1.54) is 6.92 Å². The number of aliphatic hydroxyl groups is 1. The fourth-order valence-electron chi connectivity index (χ4n) is 3.89. The number of carbonyl (C=O) groups excluding carboxylic acids is 1. The first-order valence-electron chi connectivity index (χ1n) is 10.8. The minimum Gasteiger partial charge on any atom is -0.395 e. The molecule has 0 bridgehead atoms. The van der Waals surface area contributed by atoms with Gasteiger partial charge in [-0.1, -0.05) is 24.0 Å². The van der Waals surface area contributed by atoms with Gasteiger partial charge in [-0.25, -0.2) is 8.42 Å². The zero-order valence-electron chi connectivity index (χ0n) is 18.7. The number of sulfone groups is 1. The number of carbonyl (C=O) groups is 1. The van der Waals surface area contributed by atoms with Crippen LogP contribution < -0.4 is 5.73 Å². The third kappa shape index (κ3) is 4.39. The van der Waals surface area contributed by atoms with E-state index in [4.69, 9.17) is 5.73 Å². The zero-order valence-corrected chi connectivity index (χ0v) is 19.5. The molecule has 0 spiro atoms. The van der Waals surface area contributed by atoms with Crippen LogP contribution in [-0.4, -0.2) is 46.8 Å². The van der Waals surface area contributed by atoms with Crippen LogP contribution in [0.25, 0.3) is 10.9 Å². The van der Waals surface area contributed by atoms with Gasteiger partial charge in [0.1, 0.15) is 4.75 Å². The Morgan fingerprint density at radius 1 is 1.18 bits per heavy atom. The van der Waals surface area contributed by atoms with E-state index < -0.39 is 20.5 Å². The summed E-state index contributed by atoms with van der Waals surface area (Å²) in [5.74, 6) is 5.47. The largest absolute Gasteiger partial charge is 0.395 e. The minimum atomic E-state index is -3.67. The highest BCUT2D eigenvalue weighted by Gasteiger charge is 2.43. The lowest BCUT2D eigenvalue weighted by molar-refractivity contribution is -0.120. The molecular formula is C25H27N3O4S. The van der Waals surface area contributed by atoms with Crippen LogP contribution in [0.4, 0.5) is 0 Å². The van der Waals surface area contributed by atoms with Crippen molar-refractivity contribution in [3.63, 3.8) is 0 Å². The zero-order chi connectivity index (χ0) is 23.9. The molecule has 3 aromatic rings. The van der Waals surface area contributed by atoms with Gasteiger partial charge in [-0.05, 0) is 62.1 Å². The van der Waals surface area contributed by atoms with Gasteiger partial charge >= 0.3 is 0 Å². The summed E-state index contributed by atoms with van der Waals surface area (Å²) >= 11 is 0. The van der Waals surface area contributed by atoms with Crippen molar-refractivity contribution >= 4 is 26.6 Å². The Bertz CT molecular complexity index is 1380. The van der Waals surface area contributed by atoms with Crippen molar-refractivity contribution < 1.29 is 18.3 Å². The Kier molecular flexibility index (Phi) is 5.81. The van der Waals surface area contributed by atoms with Gasteiger partial charge in [0.15, 0.2) is 9.84 Å². The lowest BCUT2D eigenvalue weighted by Gasteiger charge is -2.23. The van der Waals surface area contributed by atoms with Crippen LogP contribution in [0.2, 0.25) is 0 Å². The van der Waals surface area contributed by atoms with E-state index in [1.807, 2.05) is 42.5 Å². The van der Waals surface area contributed by atoms with Gasteiger partial charge in [0.05, 0.1) is 18.3 Å². The first-order chi connectivity index (χ1) is 15.6. The van der Waals surface area contributed by atoms with Crippen LogP contribution in [0, 0.1) is 11.8 Å². The predicted octanol–water partition coefficient (Wildman–Crippen LogP) is 2.14. The number of fused-ring (bicyclic) bond motifs is 1. The second kappa shape index (κ2) is 8.32.